The first kappa shape index (κ1) is 17.5. The monoisotopic (exact) mass is 369 g/mol. The molecule has 0 radical (unpaired) electrons. The highest BCUT2D eigenvalue weighted by molar-refractivity contribution is 5.95. The molecule has 0 aliphatic carbocycles. The van der Waals surface area contributed by atoms with Gasteiger partial charge in [-0.2, -0.15) is 5.10 Å². The average Bonchev–Trinajstić information content (AvgIpc) is 3.27. The van der Waals surface area contributed by atoms with Crippen molar-refractivity contribution >= 4 is 5.91 Å². The number of nitrogens with zero attached hydrogens (tertiary/aromatic N) is 3. The predicted molar refractivity (Wildman–Crippen MR) is 96.3 cm³/mol. The highest BCUT2D eigenvalue weighted by atomic mass is 19.1. The number of ether oxygens (including phenoxy) is 1. The number of para-hydroxylation sites is 1. The molecule has 1 aromatic carbocycles. The number of carbonyl (C=O) groups is 1. The SMILES string of the molecule is Cc1ccc(C2COCCN2C(=O)c2cnn(-c3ccccc3F)c2C)o1. The van der Waals surface area contributed by atoms with Crippen molar-refractivity contribution in [2.75, 3.05) is 19.8 Å². The minimum atomic E-state index is -0.391. The number of furan rings is 1. The topological polar surface area (TPSA) is 60.5 Å². The van der Waals surface area contributed by atoms with Gasteiger partial charge in [0.25, 0.3) is 5.91 Å². The van der Waals surface area contributed by atoms with Crippen molar-refractivity contribution in [1.29, 1.82) is 0 Å². The van der Waals surface area contributed by atoms with E-state index in [9.17, 15) is 9.18 Å². The van der Waals surface area contributed by atoms with E-state index in [-0.39, 0.29) is 11.9 Å². The molecule has 3 aromatic rings. The van der Waals surface area contributed by atoms with E-state index in [1.54, 1.807) is 30.0 Å². The first-order valence-corrected chi connectivity index (χ1v) is 8.81. The molecule has 1 saturated heterocycles. The fourth-order valence-electron chi connectivity index (χ4n) is 3.36. The van der Waals surface area contributed by atoms with Gasteiger partial charge in [-0.1, -0.05) is 12.1 Å². The highest BCUT2D eigenvalue weighted by Crippen LogP contribution is 2.28. The van der Waals surface area contributed by atoms with Crippen molar-refractivity contribution in [3.63, 3.8) is 0 Å². The molecule has 7 heteroatoms. The Morgan fingerprint density at radius 3 is 2.78 bits per heavy atom. The smallest absolute Gasteiger partial charge is 0.258 e. The van der Waals surface area contributed by atoms with Crippen molar-refractivity contribution in [2.24, 2.45) is 0 Å². The zero-order chi connectivity index (χ0) is 19.0. The van der Waals surface area contributed by atoms with Crippen molar-refractivity contribution in [3.05, 3.63) is 71.2 Å². The first-order valence-electron chi connectivity index (χ1n) is 8.81. The number of rotatable bonds is 3. The van der Waals surface area contributed by atoms with Gasteiger partial charge in [0.15, 0.2) is 0 Å². The van der Waals surface area contributed by atoms with Crippen LogP contribution in [0.1, 0.15) is 33.6 Å². The molecule has 4 rings (SSSR count). The zero-order valence-electron chi connectivity index (χ0n) is 15.2. The van der Waals surface area contributed by atoms with Gasteiger partial charge in [-0.05, 0) is 38.1 Å². The standard InChI is InChI=1S/C20H20FN3O3/c1-13-7-8-19(27-13)18-12-26-10-9-23(18)20(25)15-11-22-24(14(15)2)17-6-4-3-5-16(17)21/h3-8,11,18H,9-10,12H2,1-2H3. The van der Waals surface area contributed by atoms with E-state index in [1.807, 2.05) is 19.1 Å². The minimum Gasteiger partial charge on any atom is -0.464 e. The lowest BCUT2D eigenvalue weighted by Crippen LogP contribution is -2.43. The van der Waals surface area contributed by atoms with E-state index in [2.05, 4.69) is 5.10 Å². The Balaban J connectivity index is 1.67. The van der Waals surface area contributed by atoms with Crippen LogP contribution in [-0.2, 0) is 4.74 Å². The second-order valence-corrected chi connectivity index (χ2v) is 6.54. The molecular weight excluding hydrogens is 349 g/mol. The summed E-state index contributed by atoms with van der Waals surface area (Å²) in [6.07, 6.45) is 1.49. The molecule has 27 heavy (non-hydrogen) atoms. The third-order valence-electron chi connectivity index (χ3n) is 4.80. The molecule has 3 heterocycles. The summed E-state index contributed by atoms with van der Waals surface area (Å²) in [4.78, 5) is 15.0. The molecule has 0 N–H and O–H groups in total. The lowest BCUT2D eigenvalue weighted by atomic mass is 10.1. The Hall–Kier alpha value is -2.93. The van der Waals surface area contributed by atoms with Gasteiger partial charge in [-0.25, -0.2) is 9.07 Å². The minimum absolute atomic E-state index is 0.169. The molecule has 2 aromatic heterocycles. The summed E-state index contributed by atoms with van der Waals surface area (Å²) in [5, 5.41) is 4.24. The molecule has 1 fully saturated rings. The molecule has 0 spiro atoms. The van der Waals surface area contributed by atoms with Gasteiger partial charge >= 0.3 is 0 Å². The number of morpholine rings is 1. The van der Waals surface area contributed by atoms with Crippen molar-refractivity contribution in [1.82, 2.24) is 14.7 Å². The highest BCUT2D eigenvalue weighted by Gasteiger charge is 2.33. The number of hydrogen-bond donors (Lipinski definition) is 0. The normalized spacial score (nSPS) is 17.3. The van der Waals surface area contributed by atoms with Gasteiger partial charge < -0.3 is 14.1 Å². The van der Waals surface area contributed by atoms with Crippen LogP contribution in [0.2, 0.25) is 0 Å². The van der Waals surface area contributed by atoms with Crippen LogP contribution in [0.4, 0.5) is 4.39 Å². The summed E-state index contributed by atoms with van der Waals surface area (Å²) in [6, 6.07) is 9.79. The second kappa shape index (κ2) is 7.00. The van der Waals surface area contributed by atoms with E-state index in [4.69, 9.17) is 9.15 Å². The summed E-state index contributed by atoms with van der Waals surface area (Å²) in [6.45, 7) is 4.91. The maximum atomic E-state index is 14.1. The Kier molecular flexibility index (Phi) is 4.53. The fourth-order valence-corrected chi connectivity index (χ4v) is 3.36. The molecule has 140 valence electrons. The molecule has 1 unspecified atom stereocenters. The molecule has 1 amide bonds. The van der Waals surface area contributed by atoms with Crippen LogP contribution in [0.15, 0.2) is 47.0 Å². The number of carbonyl (C=O) groups excluding carboxylic acids is 1. The van der Waals surface area contributed by atoms with Crippen LogP contribution in [0, 0.1) is 19.7 Å². The quantitative estimate of drug-likeness (QED) is 0.710. The van der Waals surface area contributed by atoms with Crippen molar-refractivity contribution < 1.29 is 18.3 Å². The van der Waals surface area contributed by atoms with Crippen LogP contribution in [0.3, 0.4) is 0 Å². The molecule has 1 atom stereocenters. The summed E-state index contributed by atoms with van der Waals surface area (Å²) in [5.74, 6) is 0.918. The Bertz CT molecular complexity index is 979. The lowest BCUT2D eigenvalue weighted by Gasteiger charge is -2.34. The van der Waals surface area contributed by atoms with Gasteiger partial charge in [0, 0.05) is 6.54 Å². The summed E-state index contributed by atoms with van der Waals surface area (Å²) in [7, 11) is 0. The van der Waals surface area contributed by atoms with E-state index in [1.165, 1.54) is 16.9 Å². The summed E-state index contributed by atoms with van der Waals surface area (Å²) >= 11 is 0. The third kappa shape index (κ3) is 3.14. The van der Waals surface area contributed by atoms with Gasteiger partial charge in [0.2, 0.25) is 0 Å². The lowest BCUT2D eigenvalue weighted by molar-refractivity contribution is -0.00899. The Labute approximate surface area is 156 Å². The Morgan fingerprint density at radius 2 is 2.04 bits per heavy atom. The molecular formula is C20H20FN3O3. The number of amides is 1. The molecule has 0 bridgehead atoms. The van der Waals surface area contributed by atoms with Crippen LogP contribution >= 0.6 is 0 Å². The predicted octanol–water partition coefficient (Wildman–Crippen LogP) is 3.43. The number of halogens is 1. The number of hydrogen-bond acceptors (Lipinski definition) is 4. The van der Waals surface area contributed by atoms with Crippen LogP contribution in [0.5, 0.6) is 0 Å². The van der Waals surface area contributed by atoms with Crippen LogP contribution in [0.25, 0.3) is 5.69 Å². The molecule has 1 aliphatic heterocycles. The fraction of sp³-hybridized carbons (Fsp3) is 0.300. The largest absolute Gasteiger partial charge is 0.464 e. The van der Waals surface area contributed by atoms with Gasteiger partial charge in [-0.15, -0.1) is 0 Å². The summed E-state index contributed by atoms with van der Waals surface area (Å²) in [5.41, 5.74) is 1.34. The number of aryl methyl sites for hydroxylation is 1. The van der Waals surface area contributed by atoms with Crippen molar-refractivity contribution in [3.8, 4) is 5.69 Å². The van der Waals surface area contributed by atoms with E-state index in [0.29, 0.717) is 42.5 Å². The average molecular weight is 369 g/mol. The molecule has 6 nitrogen and oxygen atoms in total. The number of benzene rings is 1. The van der Waals surface area contributed by atoms with Gasteiger partial charge in [0.05, 0.1) is 30.7 Å². The van der Waals surface area contributed by atoms with Crippen molar-refractivity contribution in [2.45, 2.75) is 19.9 Å². The maximum absolute atomic E-state index is 14.1. The Morgan fingerprint density at radius 1 is 1.22 bits per heavy atom. The zero-order valence-corrected chi connectivity index (χ0v) is 15.2. The van der Waals surface area contributed by atoms with Gasteiger partial charge in [-0.3, -0.25) is 4.79 Å². The molecule has 0 saturated carbocycles. The van der Waals surface area contributed by atoms with E-state index in [0.717, 1.165) is 5.76 Å². The van der Waals surface area contributed by atoms with Crippen LogP contribution < -0.4 is 0 Å². The third-order valence-corrected chi connectivity index (χ3v) is 4.80. The summed E-state index contributed by atoms with van der Waals surface area (Å²) < 4.78 is 26.8. The van der Waals surface area contributed by atoms with Crippen LogP contribution in [-0.4, -0.2) is 40.3 Å². The molecule has 1 aliphatic rings. The second-order valence-electron chi connectivity index (χ2n) is 6.54. The van der Waals surface area contributed by atoms with E-state index < -0.39 is 5.82 Å². The van der Waals surface area contributed by atoms with E-state index >= 15 is 0 Å². The van der Waals surface area contributed by atoms with Gasteiger partial charge in [0.1, 0.15) is 29.1 Å². The first-order chi connectivity index (χ1) is 13.1. The number of aromatic nitrogens is 2. The maximum Gasteiger partial charge on any atom is 0.258 e.